The molecular formula is C15H14N2O2. The fraction of sp³-hybridized carbons (Fsp3) is 0.133. The molecule has 0 aliphatic rings. The first-order chi connectivity index (χ1) is 9.22. The van der Waals surface area contributed by atoms with Crippen molar-refractivity contribution in [3.05, 3.63) is 48.0 Å². The van der Waals surface area contributed by atoms with E-state index in [1.165, 1.54) is 0 Å². The van der Waals surface area contributed by atoms with Crippen molar-refractivity contribution in [3.63, 3.8) is 0 Å². The van der Waals surface area contributed by atoms with Crippen LogP contribution in [-0.2, 0) is 0 Å². The molecule has 4 heteroatoms. The topological polar surface area (TPSA) is 68.3 Å². The summed E-state index contributed by atoms with van der Waals surface area (Å²) in [7, 11) is 0. The van der Waals surface area contributed by atoms with Gasteiger partial charge < -0.3 is 15.2 Å². The maximum Gasteiger partial charge on any atom is 0.145 e. The lowest BCUT2D eigenvalue weighted by atomic mass is 10.2. The third kappa shape index (κ3) is 3.17. The minimum atomic E-state index is 0.475. The Morgan fingerprint density at radius 2 is 1.89 bits per heavy atom. The number of hydrogen-bond acceptors (Lipinski definition) is 4. The average molecular weight is 254 g/mol. The molecule has 0 radical (unpaired) electrons. The molecule has 96 valence electrons. The van der Waals surface area contributed by atoms with Crippen LogP contribution in [-0.4, -0.2) is 6.61 Å². The monoisotopic (exact) mass is 254 g/mol. The van der Waals surface area contributed by atoms with Crippen molar-refractivity contribution < 1.29 is 9.47 Å². The summed E-state index contributed by atoms with van der Waals surface area (Å²) in [4.78, 5) is 0. The smallest absolute Gasteiger partial charge is 0.145 e. The fourth-order valence-corrected chi connectivity index (χ4v) is 1.68. The molecule has 0 saturated heterocycles. The number of nitrogen functional groups attached to an aromatic ring is 1. The summed E-state index contributed by atoms with van der Waals surface area (Å²) in [5.74, 6) is 1.69. The Morgan fingerprint density at radius 1 is 1.16 bits per heavy atom. The van der Waals surface area contributed by atoms with Gasteiger partial charge in [-0.25, -0.2) is 0 Å². The van der Waals surface area contributed by atoms with Gasteiger partial charge in [-0.15, -0.1) is 0 Å². The van der Waals surface area contributed by atoms with Crippen molar-refractivity contribution in [2.75, 3.05) is 12.3 Å². The molecule has 0 atom stereocenters. The molecule has 0 fully saturated rings. The van der Waals surface area contributed by atoms with E-state index in [-0.39, 0.29) is 0 Å². The number of hydrogen-bond donors (Lipinski definition) is 1. The van der Waals surface area contributed by atoms with Crippen molar-refractivity contribution in [2.24, 2.45) is 0 Å². The Balaban J connectivity index is 2.30. The van der Waals surface area contributed by atoms with E-state index >= 15 is 0 Å². The van der Waals surface area contributed by atoms with Gasteiger partial charge >= 0.3 is 0 Å². The van der Waals surface area contributed by atoms with Crippen LogP contribution in [0.1, 0.15) is 12.5 Å². The first-order valence-electron chi connectivity index (χ1n) is 5.93. The minimum Gasteiger partial charge on any atom is -0.494 e. The van der Waals surface area contributed by atoms with Crippen LogP contribution in [0.5, 0.6) is 17.2 Å². The summed E-state index contributed by atoms with van der Waals surface area (Å²) in [6, 6.07) is 14.3. The van der Waals surface area contributed by atoms with Gasteiger partial charge in [0.15, 0.2) is 0 Å². The standard InChI is InChI=1S/C15H14N2O2/c1-2-18-13-7-12(17)8-14(9-13)19-15-6-4-3-5-11(15)10-16/h3-9H,2,17H2,1H3. The molecule has 0 spiro atoms. The van der Waals surface area contributed by atoms with Crippen LogP contribution in [0.15, 0.2) is 42.5 Å². The lowest BCUT2D eigenvalue weighted by Crippen LogP contribution is -1.95. The van der Waals surface area contributed by atoms with Crippen molar-refractivity contribution in [3.8, 4) is 23.3 Å². The molecule has 2 N–H and O–H groups in total. The molecule has 0 saturated carbocycles. The Morgan fingerprint density at radius 3 is 2.63 bits per heavy atom. The van der Waals surface area contributed by atoms with Crippen LogP contribution in [0.4, 0.5) is 5.69 Å². The highest BCUT2D eigenvalue weighted by Gasteiger charge is 2.06. The summed E-state index contributed by atoms with van der Waals surface area (Å²) in [5.41, 5.74) is 6.82. The molecule has 0 amide bonds. The molecule has 0 aliphatic heterocycles. The van der Waals surface area contributed by atoms with Crippen molar-refractivity contribution in [1.29, 1.82) is 5.26 Å². The van der Waals surface area contributed by atoms with Gasteiger partial charge in [-0.1, -0.05) is 12.1 Å². The van der Waals surface area contributed by atoms with Crippen LogP contribution < -0.4 is 15.2 Å². The number of anilines is 1. The first kappa shape index (κ1) is 12.8. The largest absolute Gasteiger partial charge is 0.494 e. The Hall–Kier alpha value is -2.67. The van der Waals surface area contributed by atoms with Crippen molar-refractivity contribution >= 4 is 5.69 Å². The minimum absolute atomic E-state index is 0.475. The molecule has 2 rings (SSSR count). The van der Waals surface area contributed by atoms with Gasteiger partial charge in [0.25, 0.3) is 0 Å². The van der Waals surface area contributed by atoms with E-state index in [0.717, 1.165) is 0 Å². The quantitative estimate of drug-likeness (QED) is 0.850. The first-order valence-corrected chi connectivity index (χ1v) is 5.93. The summed E-state index contributed by atoms with van der Waals surface area (Å²) in [5, 5.41) is 9.01. The summed E-state index contributed by atoms with van der Waals surface area (Å²) in [6.45, 7) is 2.45. The zero-order valence-corrected chi connectivity index (χ0v) is 10.6. The summed E-state index contributed by atoms with van der Waals surface area (Å²) >= 11 is 0. The van der Waals surface area contributed by atoms with E-state index in [9.17, 15) is 0 Å². The molecule has 0 heterocycles. The lowest BCUT2D eigenvalue weighted by molar-refractivity contribution is 0.338. The third-order valence-electron chi connectivity index (χ3n) is 2.45. The number of para-hydroxylation sites is 1. The highest BCUT2D eigenvalue weighted by molar-refractivity contribution is 5.52. The van der Waals surface area contributed by atoms with Gasteiger partial charge in [0.05, 0.1) is 12.2 Å². The predicted octanol–water partition coefficient (Wildman–Crippen LogP) is 3.33. The van der Waals surface area contributed by atoms with Gasteiger partial charge in [-0.05, 0) is 19.1 Å². The van der Waals surface area contributed by atoms with Gasteiger partial charge in [-0.3, -0.25) is 0 Å². The van der Waals surface area contributed by atoms with E-state index in [0.29, 0.717) is 35.1 Å². The van der Waals surface area contributed by atoms with Crippen LogP contribution in [0.25, 0.3) is 0 Å². The Labute approximate surface area is 112 Å². The van der Waals surface area contributed by atoms with E-state index in [4.69, 9.17) is 20.5 Å². The normalized spacial score (nSPS) is 9.68. The molecular weight excluding hydrogens is 240 g/mol. The molecule has 2 aromatic rings. The maximum absolute atomic E-state index is 9.01. The second kappa shape index (κ2) is 5.78. The Kier molecular flexibility index (Phi) is 3.89. The summed E-state index contributed by atoms with van der Waals surface area (Å²) < 4.78 is 11.1. The molecule has 19 heavy (non-hydrogen) atoms. The number of nitrogens with two attached hydrogens (primary N) is 1. The Bertz CT molecular complexity index is 618. The van der Waals surface area contributed by atoms with Crippen LogP contribution in [0.2, 0.25) is 0 Å². The van der Waals surface area contributed by atoms with Gasteiger partial charge in [-0.2, -0.15) is 5.26 Å². The van der Waals surface area contributed by atoms with Gasteiger partial charge in [0.1, 0.15) is 23.3 Å². The van der Waals surface area contributed by atoms with Crippen LogP contribution in [0, 0.1) is 11.3 Å². The fourth-order valence-electron chi connectivity index (χ4n) is 1.68. The third-order valence-corrected chi connectivity index (χ3v) is 2.45. The second-order valence-electron chi connectivity index (χ2n) is 3.88. The predicted molar refractivity (Wildman–Crippen MR) is 73.3 cm³/mol. The second-order valence-corrected chi connectivity index (χ2v) is 3.88. The number of nitrogens with zero attached hydrogens (tertiary/aromatic N) is 1. The number of benzene rings is 2. The highest BCUT2D eigenvalue weighted by Crippen LogP contribution is 2.30. The van der Waals surface area contributed by atoms with Gasteiger partial charge in [0, 0.05) is 23.9 Å². The number of rotatable bonds is 4. The molecule has 0 unspecified atom stereocenters. The molecule has 2 aromatic carbocycles. The number of nitriles is 1. The van der Waals surface area contributed by atoms with Crippen LogP contribution in [0.3, 0.4) is 0 Å². The lowest BCUT2D eigenvalue weighted by Gasteiger charge is -2.10. The number of ether oxygens (including phenoxy) is 2. The van der Waals surface area contributed by atoms with Crippen molar-refractivity contribution in [2.45, 2.75) is 6.92 Å². The van der Waals surface area contributed by atoms with Crippen LogP contribution >= 0.6 is 0 Å². The van der Waals surface area contributed by atoms with E-state index < -0.39 is 0 Å². The summed E-state index contributed by atoms with van der Waals surface area (Å²) in [6.07, 6.45) is 0. The zero-order valence-electron chi connectivity index (χ0n) is 10.6. The molecule has 0 aliphatic carbocycles. The van der Waals surface area contributed by atoms with Gasteiger partial charge in [0.2, 0.25) is 0 Å². The molecule has 0 bridgehead atoms. The van der Waals surface area contributed by atoms with E-state index in [1.807, 2.05) is 13.0 Å². The van der Waals surface area contributed by atoms with E-state index in [1.54, 1.807) is 36.4 Å². The SMILES string of the molecule is CCOc1cc(N)cc(Oc2ccccc2C#N)c1. The van der Waals surface area contributed by atoms with Crippen molar-refractivity contribution in [1.82, 2.24) is 0 Å². The molecule has 0 aromatic heterocycles. The molecule has 4 nitrogen and oxygen atoms in total. The zero-order chi connectivity index (χ0) is 13.7. The maximum atomic E-state index is 9.01. The highest BCUT2D eigenvalue weighted by atomic mass is 16.5. The van der Waals surface area contributed by atoms with E-state index in [2.05, 4.69) is 6.07 Å². The average Bonchev–Trinajstić information content (AvgIpc) is 2.39.